The van der Waals surface area contributed by atoms with Crippen LogP contribution in [-0.2, 0) is 6.54 Å². The first-order chi connectivity index (χ1) is 13.9. The number of guanidine groups is 1. The van der Waals surface area contributed by atoms with Gasteiger partial charge in [-0.2, -0.15) is 0 Å². The van der Waals surface area contributed by atoms with Crippen LogP contribution in [0.15, 0.2) is 42.7 Å². The normalized spacial score (nSPS) is 11.0. The van der Waals surface area contributed by atoms with Gasteiger partial charge in [0.2, 0.25) is 0 Å². The van der Waals surface area contributed by atoms with Crippen LogP contribution in [0.25, 0.3) is 10.9 Å². The summed E-state index contributed by atoms with van der Waals surface area (Å²) in [4.78, 5) is 23.1. The van der Waals surface area contributed by atoms with Crippen LogP contribution in [-0.4, -0.2) is 51.8 Å². The average molecular weight is 394 g/mol. The molecule has 0 bridgehead atoms. The lowest BCUT2D eigenvalue weighted by molar-refractivity contribution is 0.0864. The van der Waals surface area contributed by atoms with Gasteiger partial charge in [-0.15, -0.1) is 0 Å². The van der Waals surface area contributed by atoms with Gasteiger partial charge in [0.05, 0.1) is 6.20 Å². The number of ether oxygens (including phenoxy) is 1. The van der Waals surface area contributed by atoms with Crippen LogP contribution in [0.2, 0.25) is 0 Å². The van der Waals surface area contributed by atoms with Gasteiger partial charge >= 0.3 is 0 Å². The van der Waals surface area contributed by atoms with Gasteiger partial charge in [-0.1, -0.05) is 13.8 Å². The largest absolute Gasteiger partial charge is 0.456 e. The van der Waals surface area contributed by atoms with Crippen LogP contribution in [0.4, 0.5) is 0 Å². The van der Waals surface area contributed by atoms with Crippen molar-refractivity contribution < 1.29 is 9.53 Å². The molecule has 152 valence electrons. The molecule has 0 radical (unpaired) electrons. The van der Waals surface area contributed by atoms with Crippen molar-refractivity contribution in [2.45, 2.75) is 20.4 Å². The highest BCUT2D eigenvalue weighted by molar-refractivity contribution is 6.05. The van der Waals surface area contributed by atoms with E-state index in [-0.39, 0.29) is 11.9 Å². The third kappa shape index (κ3) is 4.72. The van der Waals surface area contributed by atoms with Gasteiger partial charge in [0.15, 0.2) is 5.96 Å². The number of benzene rings is 1. The van der Waals surface area contributed by atoms with Crippen molar-refractivity contribution in [2.75, 3.05) is 20.1 Å². The molecule has 1 amide bonds. The van der Waals surface area contributed by atoms with E-state index in [2.05, 4.69) is 28.7 Å². The second-order valence-electron chi connectivity index (χ2n) is 6.77. The molecule has 0 aliphatic carbocycles. The maximum Gasteiger partial charge on any atom is 0.276 e. The Morgan fingerprint density at radius 3 is 2.62 bits per heavy atom. The summed E-state index contributed by atoms with van der Waals surface area (Å²) < 4.78 is 5.98. The maximum atomic E-state index is 12.3. The molecule has 0 spiro atoms. The number of nitrogens with one attached hydrogen (secondary N) is 2. The second-order valence-corrected chi connectivity index (χ2v) is 6.77. The van der Waals surface area contributed by atoms with Crippen molar-refractivity contribution >= 4 is 22.8 Å². The third-order valence-corrected chi connectivity index (χ3v) is 4.80. The minimum absolute atomic E-state index is 0.310. The fourth-order valence-electron chi connectivity index (χ4n) is 3.02. The van der Waals surface area contributed by atoms with E-state index in [0.29, 0.717) is 17.2 Å². The highest BCUT2D eigenvalue weighted by Crippen LogP contribution is 2.26. The van der Waals surface area contributed by atoms with Gasteiger partial charge in [0.25, 0.3) is 5.91 Å². The number of rotatable bonds is 7. The summed E-state index contributed by atoms with van der Waals surface area (Å²) in [6.07, 6.45) is 3.53. The standard InChI is InChI=1S/C21H26N6O2/c1-4-27(5-2)13-14-8-17(12-24-11-14)29-16-7-6-15-9-19(25-18(15)10-16)20(28)26(3)21(22)23/h6-12,25H,4-5,13H2,1-3H3,(H3,22,23). The van der Waals surface area contributed by atoms with E-state index in [1.165, 1.54) is 7.05 Å². The number of hydrogen-bond donors (Lipinski definition) is 3. The molecule has 2 heterocycles. The molecule has 0 unspecified atom stereocenters. The number of H-pyrrole nitrogens is 1. The molecular formula is C21H26N6O2. The number of hydrogen-bond acceptors (Lipinski definition) is 5. The predicted molar refractivity (Wildman–Crippen MR) is 113 cm³/mol. The number of nitrogens with zero attached hydrogens (tertiary/aromatic N) is 3. The topological polar surface area (TPSA) is 111 Å². The molecule has 0 fully saturated rings. The Balaban J connectivity index is 1.79. The van der Waals surface area contributed by atoms with Crippen molar-refractivity contribution in [3.63, 3.8) is 0 Å². The van der Waals surface area contributed by atoms with Crippen LogP contribution in [0, 0.1) is 5.41 Å². The monoisotopic (exact) mass is 394 g/mol. The Bertz CT molecular complexity index is 1020. The summed E-state index contributed by atoms with van der Waals surface area (Å²) in [6, 6.07) is 9.26. The van der Waals surface area contributed by atoms with Crippen molar-refractivity contribution in [1.29, 1.82) is 5.41 Å². The predicted octanol–water partition coefficient (Wildman–Crippen LogP) is 3.16. The molecule has 0 aliphatic rings. The Labute approximate surface area is 169 Å². The lowest BCUT2D eigenvalue weighted by Crippen LogP contribution is -2.38. The van der Waals surface area contributed by atoms with Crippen LogP contribution >= 0.6 is 0 Å². The Hall–Kier alpha value is -3.39. The summed E-state index contributed by atoms with van der Waals surface area (Å²) in [7, 11) is 1.46. The molecule has 2 aromatic heterocycles. The molecule has 1 aromatic carbocycles. The van der Waals surface area contributed by atoms with E-state index < -0.39 is 0 Å². The van der Waals surface area contributed by atoms with Crippen LogP contribution in [0.1, 0.15) is 29.9 Å². The fourth-order valence-corrected chi connectivity index (χ4v) is 3.02. The van der Waals surface area contributed by atoms with Crippen molar-refractivity contribution in [3.8, 4) is 11.5 Å². The van der Waals surface area contributed by atoms with E-state index in [4.69, 9.17) is 15.9 Å². The Kier molecular flexibility index (Phi) is 6.13. The fraction of sp³-hybridized carbons (Fsp3) is 0.286. The van der Waals surface area contributed by atoms with E-state index >= 15 is 0 Å². The molecule has 4 N–H and O–H groups in total. The number of nitrogens with two attached hydrogens (primary N) is 1. The molecule has 8 nitrogen and oxygen atoms in total. The van der Waals surface area contributed by atoms with Crippen LogP contribution in [0.3, 0.4) is 0 Å². The third-order valence-electron chi connectivity index (χ3n) is 4.80. The van der Waals surface area contributed by atoms with Crippen LogP contribution in [0.5, 0.6) is 11.5 Å². The number of aromatic nitrogens is 2. The SMILES string of the molecule is CCN(CC)Cc1cncc(Oc2ccc3cc(C(=O)N(C)C(=N)N)[nH]c3c2)c1. The van der Waals surface area contributed by atoms with E-state index in [0.717, 1.165) is 41.0 Å². The molecule has 3 rings (SSSR count). The number of carbonyl (C=O) groups excluding carboxylic acids is 1. The lowest BCUT2D eigenvalue weighted by Gasteiger charge is -2.18. The number of pyridine rings is 1. The molecule has 29 heavy (non-hydrogen) atoms. The van der Waals surface area contributed by atoms with Gasteiger partial charge in [0, 0.05) is 36.8 Å². The number of aromatic amines is 1. The smallest absolute Gasteiger partial charge is 0.276 e. The van der Waals surface area contributed by atoms with E-state index in [1.54, 1.807) is 12.3 Å². The first-order valence-corrected chi connectivity index (χ1v) is 9.50. The second kappa shape index (κ2) is 8.74. The van der Waals surface area contributed by atoms with Gasteiger partial charge in [0.1, 0.15) is 17.2 Å². The van der Waals surface area contributed by atoms with Gasteiger partial charge in [-0.25, -0.2) is 0 Å². The first kappa shape index (κ1) is 20.3. The molecule has 3 aromatic rings. The van der Waals surface area contributed by atoms with Gasteiger partial charge in [-0.05, 0) is 42.9 Å². The molecule has 8 heteroatoms. The molecule has 0 atom stereocenters. The number of carbonyl (C=O) groups is 1. The number of fused-ring (bicyclic) bond motifs is 1. The van der Waals surface area contributed by atoms with E-state index in [1.807, 2.05) is 30.5 Å². The average Bonchev–Trinajstić information content (AvgIpc) is 3.14. The highest BCUT2D eigenvalue weighted by atomic mass is 16.5. The summed E-state index contributed by atoms with van der Waals surface area (Å²) in [6.45, 7) is 7.05. The molecule has 0 aliphatic heterocycles. The maximum absolute atomic E-state index is 12.3. The zero-order valence-electron chi connectivity index (χ0n) is 16.9. The highest BCUT2D eigenvalue weighted by Gasteiger charge is 2.16. The quantitative estimate of drug-likeness (QED) is 0.421. The van der Waals surface area contributed by atoms with Crippen molar-refractivity contribution in [3.05, 3.63) is 54.0 Å². The number of amides is 1. The summed E-state index contributed by atoms with van der Waals surface area (Å²) >= 11 is 0. The van der Waals surface area contributed by atoms with Crippen molar-refractivity contribution in [1.82, 2.24) is 19.8 Å². The first-order valence-electron chi connectivity index (χ1n) is 9.50. The molecular weight excluding hydrogens is 368 g/mol. The van der Waals surface area contributed by atoms with Crippen LogP contribution < -0.4 is 10.5 Å². The summed E-state index contributed by atoms with van der Waals surface area (Å²) in [5.41, 5.74) is 7.59. The van der Waals surface area contributed by atoms with Crippen molar-refractivity contribution in [2.24, 2.45) is 5.73 Å². The summed E-state index contributed by atoms with van der Waals surface area (Å²) in [5, 5.41) is 8.26. The Morgan fingerprint density at radius 1 is 1.17 bits per heavy atom. The minimum Gasteiger partial charge on any atom is -0.456 e. The zero-order valence-corrected chi connectivity index (χ0v) is 16.9. The summed E-state index contributed by atoms with van der Waals surface area (Å²) in [5.74, 6) is 0.618. The van der Waals surface area contributed by atoms with Gasteiger partial charge in [-0.3, -0.25) is 25.0 Å². The zero-order chi connectivity index (χ0) is 21.0. The molecule has 0 saturated carbocycles. The minimum atomic E-state index is -0.371. The van der Waals surface area contributed by atoms with Gasteiger partial charge < -0.3 is 15.5 Å². The lowest BCUT2D eigenvalue weighted by atomic mass is 10.2. The Morgan fingerprint density at radius 2 is 1.93 bits per heavy atom. The van der Waals surface area contributed by atoms with E-state index in [9.17, 15) is 4.79 Å². The molecule has 0 saturated heterocycles.